The molecule has 0 spiro atoms. The van der Waals surface area contributed by atoms with Crippen LogP contribution in [0.1, 0.15) is 24.8 Å². The summed E-state index contributed by atoms with van der Waals surface area (Å²) in [6, 6.07) is 9.92. The van der Waals surface area contributed by atoms with Gasteiger partial charge in [-0.2, -0.15) is 0 Å². The Hall–Kier alpha value is -1.88. The zero-order chi connectivity index (χ0) is 15.8. The molecule has 22 heavy (non-hydrogen) atoms. The molecule has 0 aromatic heterocycles. The number of likely N-dealkylation sites (N-methyl/N-ethyl adjacent to an activating group) is 1. The summed E-state index contributed by atoms with van der Waals surface area (Å²) in [7, 11) is 1.91. The molecule has 1 fully saturated rings. The molecule has 1 heterocycles. The summed E-state index contributed by atoms with van der Waals surface area (Å²) in [6.07, 6.45) is 2.87. The van der Waals surface area contributed by atoms with E-state index in [0.717, 1.165) is 31.5 Å². The van der Waals surface area contributed by atoms with E-state index in [1.165, 1.54) is 0 Å². The molecule has 0 bridgehead atoms. The molecule has 1 aliphatic rings. The number of benzene rings is 1. The lowest BCUT2D eigenvalue weighted by atomic mass is 10.1. The molecule has 1 saturated heterocycles. The maximum Gasteiger partial charge on any atom is 0.224 e. The van der Waals surface area contributed by atoms with Crippen LogP contribution in [0.5, 0.6) is 0 Å². The Labute approximate surface area is 132 Å². The van der Waals surface area contributed by atoms with Gasteiger partial charge in [-0.25, -0.2) is 0 Å². The molecule has 2 rings (SSSR count). The van der Waals surface area contributed by atoms with E-state index >= 15 is 0 Å². The summed E-state index contributed by atoms with van der Waals surface area (Å²) in [4.78, 5) is 26.0. The normalized spacial score (nSPS) is 17.5. The lowest BCUT2D eigenvalue weighted by molar-refractivity contribution is -0.131. The first-order chi connectivity index (χ1) is 10.7. The molecule has 0 saturated carbocycles. The number of nitrogens with one attached hydrogen (secondary N) is 2. The molecule has 1 unspecified atom stereocenters. The Kier molecular flexibility index (Phi) is 6.40. The van der Waals surface area contributed by atoms with Crippen molar-refractivity contribution in [3.63, 3.8) is 0 Å². The van der Waals surface area contributed by atoms with Crippen LogP contribution >= 0.6 is 0 Å². The largest absolute Gasteiger partial charge is 0.355 e. The Morgan fingerprint density at radius 1 is 1.27 bits per heavy atom. The lowest BCUT2D eigenvalue weighted by Gasteiger charge is -2.24. The Morgan fingerprint density at radius 3 is 2.77 bits per heavy atom. The summed E-state index contributed by atoms with van der Waals surface area (Å²) < 4.78 is 0. The van der Waals surface area contributed by atoms with Crippen molar-refractivity contribution in [1.29, 1.82) is 0 Å². The third-order valence-electron chi connectivity index (χ3n) is 4.01. The highest BCUT2D eigenvalue weighted by molar-refractivity contribution is 5.80. The van der Waals surface area contributed by atoms with E-state index in [1.54, 1.807) is 0 Å². The zero-order valence-electron chi connectivity index (χ0n) is 13.2. The molecule has 1 aliphatic heterocycles. The van der Waals surface area contributed by atoms with Gasteiger partial charge in [0.1, 0.15) is 0 Å². The molecular formula is C17H25N3O2. The van der Waals surface area contributed by atoms with Crippen LogP contribution in [0.2, 0.25) is 0 Å². The van der Waals surface area contributed by atoms with Crippen molar-refractivity contribution in [3.05, 3.63) is 35.9 Å². The first-order valence-corrected chi connectivity index (χ1v) is 7.95. The van der Waals surface area contributed by atoms with E-state index in [0.29, 0.717) is 25.4 Å². The first-order valence-electron chi connectivity index (χ1n) is 7.95. The maximum atomic E-state index is 12.2. The van der Waals surface area contributed by atoms with Crippen LogP contribution in [-0.2, 0) is 16.0 Å². The van der Waals surface area contributed by atoms with Crippen molar-refractivity contribution >= 4 is 11.8 Å². The van der Waals surface area contributed by atoms with Crippen LogP contribution in [0, 0.1) is 0 Å². The molecule has 1 aromatic carbocycles. The standard InChI is InChI=1S/C17H25N3O2/c1-18-13-15-8-5-11-20(15)17(22)9-10-19-16(21)12-14-6-3-2-4-7-14/h2-4,6-7,15,18H,5,8-13H2,1H3,(H,19,21). The second-order valence-corrected chi connectivity index (χ2v) is 5.70. The Morgan fingerprint density at radius 2 is 2.05 bits per heavy atom. The number of rotatable bonds is 7. The molecule has 0 radical (unpaired) electrons. The van der Waals surface area contributed by atoms with Crippen LogP contribution in [0.15, 0.2) is 30.3 Å². The summed E-state index contributed by atoms with van der Waals surface area (Å²) in [6.45, 7) is 2.09. The van der Waals surface area contributed by atoms with Gasteiger partial charge in [-0.1, -0.05) is 30.3 Å². The predicted molar refractivity (Wildman–Crippen MR) is 86.4 cm³/mol. The van der Waals surface area contributed by atoms with E-state index < -0.39 is 0 Å². The molecule has 2 amide bonds. The third kappa shape index (κ3) is 4.84. The fourth-order valence-electron chi connectivity index (χ4n) is 2.91. The average molecular weight is 303 g/mol. The zero-order valence-corrected chi connectivity index (χ0v) is 13.2. The van der Waals surface area contributed by atoms with Crippen LogP contribution < -0.4 is 10.6 Å². The number of likely N-dealkylation sites (tertiary alicyclic amines) is 1. The van der Waals surface area contributed by atoms with Crippen molar-refractivity contribution in [3.8, 4) is 0 Å². The molecule has 5 heteroatoms. The highest BCUT2D eigenvalue weighted by Crippen LogP contribution is 2.17. The smallest absolute Gasteiger partial charge is 0.224 e. The second kappa shape index (κ2) is 8.54. The summed E-state index contributed by atoms with van der Waals surface area (Å²) >= 11 is 0. The molecule has 2 N–H and O–H groups in total. The fourth-order valence-corrected chi connectivity index (χ4v) is 2.91. The maximum absolute atomic E-state index is 12.2. The van der Waals surface area contributed by atoms with E-state index in [-0.39, 0.29) is 11.8 Å². The van der Waals surface area contributed by atoms with E-state index in [2.05, 4.69) is 10.6 Å². The average Bonchev–Trinajstić information content (AvgIpc) is 2.97. The molecule has 0 aliphatic carbocycles. The Bertz CT molecular complexity index is 490. The van der Waals surface area contributed by atoms with Gasteiger partial charge < -0.3 is 15.5 Å². The van der Waals surface area contributed by atoms with Gasteiger partial charge in [0.2, 0.25) is 11.8 Å². The highest BCUT2D eigenvalue weighted by atomic mass is 16.2. The molecule has 1 aromatic rings. The number of amides is 2. The lowest BCUT2D eigenvalue weighted by Crippen LogP contribution is -2.42. The topological polar surface area (TPSA) is 61.4 Å². The molecule has 120 valence electrons. The fraction of sp³-hybridized carbons (Fsp3) is 0.529. The molecular weight excluding hydrogens is 278 g/mol. The Balaban J connectivity index is 1.69. The minimum absolute atomic E-state index is 0.0350. The second-order valence-electron chi connectivity index (χ2n) is 5.70. The predicted octanol–water partition coefficient (Wildman–Crippen LogP) is 0.946. The first kappa shape index (κ1) is 16.5. The number of carbonyl (C=O) groups is 2. The van der Waals surface area contributed by atoms with Crippen molar-refractivity contribution < 1.29 is 9.59 Å². The van der Waals surface area contributed by atoms with Gasteiger partial charge >= 0.3 is 0 Å². The monoisotopic (exact) mass is 303 g/mol. The number of hydrogen-bond donors (Lipinski definition) is 2. The van der Waals surface area contributed by atoms with Gasteiger partial charge in [-0.3, -0.25) is 9.59 Å². The summed E-state index contributed by atoms with van der Waals surface area (Å²) in [5.74, 6) is 0.102. The summed E-state index contributed by atoms with van der Waals surface area (Å²) in [5, 5.41) is 5.96. The van der Waals surface area contributed by atoms with Gasteiger partial charge in [-0.15, -0.1) is 0 Å². The van der Waals surface area contributed by atoms with Gasteiger partial charge in [-0.05, 0) is 25.5 Å². The van der Waals surface area contributed by atoms with E-state index in [9.17, 15) is 9.59 Å². The van der Waals surface area contributed by atoms with Crippen molar-refractivity contribution in [2.24, 2.45) is 0 Å². The highest BCUT2D eigenvalue weighted by Gasteiger charge is 2.27. The van der Waals surface area contributed by atoms with Crippen LogP contribution in [0.4, 0.5) is 0 Å². The van der Waals surface area contributed by atoms with Crippen LogP contribution in [0.25, 0.3) is 0 Å². The minimum Gasteiger partial charge on any atom is -0.355 e. The number of nitrogens with zero attached hydrogens (tertiary/aromatic N) is 1. The van der Waals surface area contributed by atoms with Gasteiger partial charge in [0.05, 0.1) is 6.42 Å². The minimum atomic E-state index is -0.0350. The van der Waals surface area contributed by atoms with Crippen LogP contribution in [-0.4, -0.2) is 49.4 Å². The molecule has 5 nitrogen and oxygen atoms in total. The quantitative estimate of drug-likeness (QED) is 0.788. The van der Waals surface area contributed by atoms with E-state index in [1.807, 2.05) is 42.3 Å². The van der Waals surface area contributed by atoms with Crippen molar-refractivity contribution in [2.45, 2.75) is 31.7 Å². The van der Waals surface area contributed by atoms with Crippen molar-refractivity contribution in [1.82, 2.24) is 15.5 Å². The SMILES string of the molecule is CNCC1CCCN1C(=O)CCNC(=O)Cc1ccccc1. The third-order valence-corrected chi connectivity index (χ3v) is 4.01. The number of hydrogen-bond acceptors (Lipinski definition) is 3. The summed E-state index contributed by atoms with van der Waals surface area (Å²) in [5.41, 5.74) is 0.986. The van der Waals surface area contributed by atoms with Gasteiger partial charge in [0.15, 0.2) is 0 Å². The van der Waals surface area contributed by atoms with Gasteiger partial charge in [0, 0.05) is 32.1 Å². The van der Waals surface area contributed by atoms with Gasteiger partial charge in [0.25, 0.3) is 0 Å². The van der Waals surface area contributed by atoms with Crippen LogP contribution in [0.3, 0.4) is 0 Å². The number of carbonyl (C=O) groups excluding carboxylic acids is 2. The van der Waals surface area contributed by atoms with E-state index in [4.69, 9.17) is 0 Å². The van der Waals surface area contributed by atoms with Crippen molar-refractivity contribution in [2.75, 3.05) is 26.7 Å². The molecule has 1 atom stereocenters.